The van der Waals surface area contributed by atoms with Crippen LogP contribution in [0.1, 0.15) is 30.5 Å². The Hall–Kier alpha value is -2.10. The van der Waals surface area contributed by atoms with Crippen LogP contribution < -0.4 is 10.9 Å². The van der Waals surface area contributed by atoms with Gasteiger partial charge in [0.2, 0.25) is 5.91 Å². The third-order valence-electron chi connectivity index (χ3n) is 3.42. The summed E-state index contributed by atoms with van der Waals surface area (Å²) in [6, 6.07) is 5.29. The third kappa shape index (κ3) is 2.90. The monoisotopic (exact) mass is 273 g/mol. The lowest BCUT2D eigenvalue weighted by atomic mass is 10.0. The highest BCUT2D eigenvalue weighted by atomic mass is 16.4. The fourth-order valence-corrected chi connectivity index (χ4v) is 2.02. The van der Waals surface area contributed by atoms with Gasteiger partial charge in [-0.2, -0.15) is 0 Å². The van der Waals surface area contributed by atoms with Gasteiger partial charge in [-0.25, -0.2) is 4.79 Å². The summed E-state index contributed by atoms with van der Waals surface area (Å²) < 4.78 is 5.22. The van der Waals surface area contributed by atoms with Gasteiger partial charge in [0.1, 0.15) is 5.58 Å². The minimum atomic E-state index is -0.394. The van der Waals surface area contributed by atoms with Crippen LogP contribution >= 0.6 is 0 Å². The Labute approximate surface area is 117 Å². The molecule has 1 aromatic carbocycles. The lowest BCUT2D eigenvalue weighted by Gasteiger charge is -2.10. The van der Waals surface area contributed by atoms with Crippen molar-refractivity contribution in [3.8, 4) is 0 Å². The molecule has 4 nitrogen and oxygen atoms in total. The molecule has 0 fully saturated rings. The smallest absolute Gasteiger partial charge is 0.336 e. The van der Waals surface area contributed by atoms with Gasteiger partial charge in [0.25, 0.3) is 0 Å². The van der Waals surface area contributed by atoms with Crippen LogP contribution in [0, 0.1) is 19.8 Å². The molecule has 0 bridgehead atoms. The lowest BCUT2D eigenvalue weighted by molar-refractivity contribution is -0.124. The average molecular weight is 273 g/mol. The number of hydrogen-bond donors (Lipinski definition) is 1. The van der Waals surface area contributed by atoms with E-state index in [0.29, 0.717) is 12.1 Å². The second-order valence-corrected chi connectivity index (χ2v) is 5.40. The maximum Gasteiger partial charge on any atom is 0.336 e. The van der Waals surface area contributed by atoms with Crippen molar-refractivity contribution in [3.05, 3.63) is 45.3 Å². The van der Waals surface area contributed by atoms with E-state index < -0.39 is 5.63 Å². The largest absolute Gasteiger partial charge is 0.423 e. The van der Waals surface area contributed by atoms with Crippen molar-refractivity contribution in [2.45, 2.75) is 34.2 Å². The van der Waals surface area contributed by atoms with Crippen molar-refractivity contribution in [1.29, 1.82) is 0 Å². The lowest BCUT2D eigenvalue weighted by Crippen LogP contribution is -2.27. The van der Waals surface area contributed by atoms with E-state index in [0.717, 1.165) is 22.1 Å². The molecule has 2 aromatic rings. The van der Waals surface area contributed by atoms with Gasteiger partial charge in [0, 0.05) is 23.9 Å². The molecule has 0 unspecified atom stereocenters. The number of hydrogen-bond acceptors (Lipinski definition) is 3. The summed E-state index contributed by atoms with van der Waals surface area (Å²) in [6.07, 6.45) is 0. The molecule has 0 saturated heterocycles. The highest BCUT2D eigenvalue weighted by molar-refractivity contribution is 5.83. The van der Waals surface area contributed by atoms with Crippen molar-refractivity contribution in [2.75, 3.05) is 0 Å². The molecule has 0 radical (unpaired) electrons. The number of nitrogens with one attached hydrogen (secondary N) is 1. The topological polar surface area (TPSA) is 59.3 Å². The van der Waals surface area contributed by atoms with Gasteiger partial charge in [0.15, 0.2) is 0 Å². The molecule has 20 heavy (non-hydrogen) atoms. The molecular weight excluding hydrogens is 254 g/mol. The van der Waals surface area contributed by atoms with Crippen molar-refractivity contribution in [2.24, 2.45) is 5.92 Å². The molecule has 0 aliphatic carbocycles. The van der Waals surface area contributed by atoms with E-state index in [4.69, 9.17) is 4.42 Å². The van der Waals surface area contributed by atoms with Crippen LogP contribution in [-0.2, 0) is 11.3 Å². The predicted octanol–water partition coefficient (Wildman–Crippen LogP) is 2.68. The van der Waals surface area contributed by atoms with Gasteiger partial charge >= 0.3 is 5.63 Å². The predicted molar refractivity (Wildman–Crippen MR) is 78.6 cm³/mol. The summed E-state index contributed by atoms with van der Waals surface area (Å²) in [5.41, 5.74) is 3.16. The first-order valence-electron chi connectivity index (χ1n) is 6.70. The maximum absolute atomic E-state index is 11.6. The molecule has 0 aliphatic rings. The Morgan fingerprint density at radius 2 is 1.85 bits per heavy atom. The second kappa shape index (κ2) is 5.49. The van der Waals surface area contributed by atoms with Gasteiger partial charge in [-0.3, -0.25) is 4.79 Å². The van der Waals surface area contributed by atoms with E-state index in [1.807, 2.05) is 39.8 Å². The number of carbonyl (C=O) groups excluding carboxylic acids is 1. The molecule has 1 N–H and O–H groups in total. The highest BCUT2D eigenvalue weighted by Crippen LogP contribution is 2.21. The molecule has 106 valence electrons. The number of rotatable bonds is 3. The Kier molecular flexibility index (Phi) is 3.93. The molecule has 0 spiro atoms. The molecule has 0 saturated carbocycles. The van der Waals surface area contributed by atoms with Crippen LogP contribution in [0.25, 0.3) is 11.0 Å². The van der Waals surface area contributed by atoms with Crippen molar-refractivity contribution < 1.29 is 9.21 Å². The van der Waals surface area contributed by atoms with Crippen LogP contribution in [0.5, 0.6) is 0 Å². The van der Waals surface area contributed by atoms with E-state index in [2.05, 4.69) is 5.32 Å². The van der Waals surface area contributed by atoms with Crippen LogP contribution in [0.3, 0.4) is 0 Å². The zero-order chi connectivity index (χ0) is 14.9. The first-order valence-corrected chi connectivity index (χ1v) is 6.70. The van der Waals surface area contributed by atoms with Gasteiger partial charge in [0.05, 0.1) is 0 Å². The second-order valence-electron chi connectivity index (χ2n) is 5.40. The molecule has 0 atom stereocenters. The third-order valence-corrected chi connectivity index (χ3v) is 3.42. The molecule has 4 heteroatoms. The fourth-order valence-electron chi connectivity index (χ4n) is 2.02. The average Bonchev–Trinajstić information content (AvgIpc) is 2.37. The first-order chi connectivity index (χ1) is 9.38. The molecule has 1 aromatic heterocycles. The van der Waals surface area contributed by atoms with E-state index in [9.17, 15) is 9.59 Å². The molecular formula is C16H19NO3. The molecule has 0 aliphatic heterocycles. The van der Waals surface area contributed by atoms with E-state index in [1.165, 1.54) is 6.07 Å². The Morgan fingerprint density at radius 3 is 2.50 bits per heavy atom. The number of fused-ring (bicyclic) bond motifs is 1. The summed E-state index contributed by atoms with van der Waals surface area (Å²) in [5.74, 6) is -0.111. The molecule has 1 heterocycles. The van der Waals surface area contributed by atoms with Crippen LogP contribution in [-0.4, -0.2) is 5.91 Å². The van der Waals surface area contributed by atoms with E-state index >= 15 is 0 Å². The Bertz CT molecular complexity index is 713. The quantitative estimate of drug-likeness (QED) is 0.875. The number of amides is 1. The van der Waals surface area contributed by atoms with Crippen LogP contribution in [0.4, 0.5) is 0 Å². The van der Waals surface area contributed by atoms with Crippen LogP contribution in [0.15, 0.2) is 27.4 Å². The Morgan fingerprint density at radius 1 is 1.20 bits per heavy atom. The van der Waals surface area contributed by atoms with Crippen molar-refractivity contribution in [3.63, 3.8) is 0 Å². The Balaban J connectivity index is 2.44. The van der Waals surface area contributed by atoms with Gasteiger partial charge in [-0.05, 0) is 42.7 Å². The van der Waals surface area contributed by atoms with Crippen molar-refractivity contribution in [1.82, 2.24) is 5.32 Å². The van der Waals surface area contributed by atoms with Gasteiger partial charge < -0.3 is 9.73 Å². The van der Waals surface area contributed by atoms with E-state index in [1.54, 1.807) is 0 Å². The standard InChI is InChI=1S/C16H19NO3/c1-9(2)16(19)17-8-12-7-15(18)20-14-6-11(4)10(3)5-13(12)14/h5-7,9H,8H2,1-4H3,(H,17,19). The summed E-state index contributed by atoms with van der Waals surface area (Å²) in [5, 5.41) is 3.70. The maximum atomic E-state index is 11.6. The van der Waals surface area contributed by atoms with Gasteiger partial charge in [-0.15, -0.1) is 0 Å². The minimum Gasteiger partial charge on any atom is -0.423 e. The highest BCUT2D eigenvalue weighted by Gasteiger charge is 2.10. The van der Waals surface area contributed by atoms with Gasteiger partial charge in [-0.1, -0.05) is 13.8 Å². The normalized spacial score (nSPS) is 11.1. The summed E-state index contributed by atoms with van der Waals surface area (Å²) in [4.78, 5) is 23.2. The number of aryl methyl sites for hydroxylation is 2. The molecule has 2 rings (SSSR count). The summed E-state index contributed by atoms with van der Waals surface area (Å²) in [7, 11) is 0. The zero-order valence-corrected chi connectivity index (χ0v) is 12.2. The summed E-state index contributed by atoms with van der Waals surface area (Å²) >= 11 is 0. The van der Waals surface area contributed by atoms with Crippen LogP contribution in [0.2, 0.25) is 0 Å². The number of carbonyl (C=O) groups is 1. The zero-order valence-electron chi connectivity index (χ0n) is 12.2. The number of benzene rings is 1. The van der Waals surface area contributed by atoms with E-state index in [-0.39, 0.29) is 11.8 Å². The fraction of sp³-hybridized carbons (Fsp3) is 0.375. The minimum absolute atomic E-state index is 0.0322. The van der Waals surface area contributed by atoms with Crippen molar-refractivity contribution >= 4 is 16.9 Å². The first kappa shape index (κ1) is 14.3. The molecule has 1 amide bonds. The summed E-state index contributed by atoms with van der Waals surface area (Å²) in [6.45, 7) is 7.99. The SMILES string of the molecule is Cc1cc2oc(=O)cc(CNC(=O)C(C)C)c2cc1C.